The molecule has 498 valence electrons. The molecule has 12 heteroatoms. The molecular weight excluding hydrogens is 1410 g/mol. The van der Waals surface area contributed by atoms with E-state index < -0.39 is 0 Å². The molecule has 0 aliphatic rings. The first-order chi connectivity index (χ1) is 50.3. The Kier molecular flexibility index (Phi) is 16.8. The van der Waals surface area contributed by atoms with Crippen molar-refractivity contribution in [3.05, 3.63) is 289 Å². The van der Waals surface area contributed by atoms with Crippen LogP contribution < -0.4 is 18.3 Å². The molecule has 0 atom stereocenters. The summed E-state index contributed by atoms with van der Waals surface area (Å²) in [5.74, 6) is 0. The molecule has 0 aliphatic heterocycles. The van der Waals surface area contributed by atoms with Crippen molar-refractivity contribution in [3.8, 4) is 56.2 Å². The highest BCUT2D eigenvalue weighted by Gasteiger charge is 2.24. The second-order valence-corrected chi connectivity index (χ2v) is 35.8. The second kappa shape index (κ2) is 26.5. The zero-order valence-electron chi connectivity index (χ0n) is 58.4. The molecule has 0 bridgehead atoms. The van der Waals surface area contributed by atoms with Crippen LogP contribution in [0.1, 0.15) is 27.8 Å². The normalized spacial score (nSPS) is 11.7. The Morgan fingerprint density at radius 2 is 0.641 bits per heavy atom. The fourth-order valence-corrected chi connectivity index (χ4v) is 25.6. The molecule has 0 aliphatic carbocycles. The molecule has 0 fully saturated rings. The maximum atomic E-state index is 2.39. The lowest BCUT2D eigenvalue weighted by Gasteiger charge is -2.08. The molecule has 0 radical (unpaired) electrons. The van der Waals surface area contributed by atoms with Gasteiger partial charge in [-0.05, 0) is 146 Å². The van der Waals surface area contributed by atoms with Gasteiger partial charge in [0.1, 0.15) is 28.2 Å². The predicted molar refractivity (Wildman–Crippen MR) is 454 cm³/mol. The lowest BCUT2D eigenvalue weighted by Crippen LogP contribution is -2.30. The highest BCUT2D eigenvalue weighted by molar-refractivity contribution is 7.45. The Balaban J connectivity index is 0.0000000985. The van der Waals surface area contributed by atoms with Crippen molar-refractivity contribution in [1.82, 2.24) is 0 Å². The van der Waals surface area contributed by atoms with E-state index in [1.165, 1.54) is 202 Å². The minimum Gasteiger partial charge on any atom is -0.201 e. The number of fused-ring (bicyclic) bond motifs is 20. The highest BCUT2D eigenvalue weighted by Crippen LogP contribution is 2.51. The van der Waals surface area contributed by atoms with E-state index in [-0.39, 0.29) is 0 Å². The number of rotatable bonds is 5. The van der Waals surface area contributed by atoms with E-state index in [1.54, 1.807) is 0 Å². The molecule has 9 aromatic carbocycles. The summed E-state index contributed by atoms with van der Waals surface area (Å²) < 4.78 is 28.5. The number of benzene rings is 9. The maximum Gasteiger partial charge on any atom is 0.213 e. The Morgan fingerprint density at radius 3 is 1.20 bits per heavy atom. The summed E-state index contributed by atoms with van der Waals surface area (Å²) in [6, 6.07) is 86.2. The van der Waals surface area contributed by atoms with E-state index in [1.807, 2.05) is 90.7 Å². The average molecular weight is 1480 g/mol. The zero-order valence-corrected chi connectivity index (χ0v) is 64.9. The number of aromatic nitrogens is 4. The molecule has 0 saturated carbocycles. The Hall–Kier alpha value is -9.70. The first-order valence-electron chi connectivity index (χ1n) is 34.6. The van der Waals surface area contributed by atoms with Gasteiger partial charge in [-0.15, -0.1) is 90.7 Å². The number of hydrogen-bond acceptors (Lipinski definition) is 8. The molecule has 0 saturated heterocycles. The molecule has 4 nitrogen and oxygen atoms in total. The fraction of sp³-hybridized carbons (Fsp3) is 0.0989. The van der Waals surface area contributed by atoms with Crippen molar-refractivity contribution in [2.45, 2.75) is 34.6 Å². The molecule has 0 unspecified atom stereocenters. The summed E-state index contributed by atoms with van der Waals surface area (Å²) in [6.07, 6.45) is 8.55. The lowest BCUT2D eigenvalue weighted by atomic mass is 9.98. The van der Waals surface area contributed by atoms with E-state index in [0.29, 0.717) is 0 Å². The minimum atomic E-state index is 1.25. The van der Waals surface area contributed by atoms with Gasteiger partial charge in [0.2, 0.25) is 22.8 Å². The van der Waals surface area contributed by atoms with E-state index in [2.05, 4.69) is 342 Å². The minimum absolute atomic E-state index is 1.25. The summed E-state index contributed by atoms with van der Waals surface area (Å²) in [4.78, 5) is 0. The van der Waals surface area contributed by atoms with Crippen LogP contribution in [0.15, 0.2) is 261 Å². The van der Waals surface area contributed by atoms with Crippen LogP contribution in [0.5, 0.6) is 0 Å². The van der Waals surface area contributed by atoms with Gasteiger partial charge in [0.15, 0.2) is 24.8 Å². The fourth-order valence-electron chi connectivity index (χ4n) is 14.9. The van der Waals surface area contributed by atoms with E-state index in [0.717, 1.165) is 0 Å². The van der Waals surface area contributed by atoms with Gasteiger partial charge in [0, 0.05) is 135 Å². The van der Waals surface area contributed by atoms with Crippen molar-refractivity contribution in [2.24, 2.45) is 28.2 Å². The van der Waals surface area contributed by atoms with Crippen LogP contribution in [0.2, 0.25) is 0 Å². The molecule has 0 amide bonds. The monoisotopic (exact) mass is 1470 g/mol. The third kappa shape index (κ3) is 11.5. The maximum absolute atomic E-state index is 2.39. The smallest absolute Gasteiger partial charge is 0.201 e. The Labute approximate surface area is 629 Å². The van der Waals surface area contributed by atoms with E-state index in [4.69, 9.17) is 0 Å². The van der Waals surface area contributed by atoms with Crippen LogP contribution in [0.25, 0.3) is 174 Å². The Morgan fingerprint density at radius 1 is 0.233 bits per heavy atom. The molecule has 12 aromatic heterocycles. The molecular formula is C91H70N4S8+4. The third-order valence-electron chi connectivity index (χ3n) is 20.2. The SMILES string of the molecule is Cc1cc2c(cc1-c1cc(-c3ccccc3)cc[n+]1C)sc1sc3ccccc3c12.Cc1cc2c(cc1-c1cccc[n+]1C)sc1c3ccccc3sc21.Cc1cc[n+](C)c(-c2cc3sc4sc5ccccc5c4c3cc2C)c1.Cc1ccc2c(sc3c4ccccc4sc23)c1-c1cccc[n+]1C. The quantitative estimate of drug-likeness (QED) is 0.153. The van der Waals surface area contributed by atoms with Crippen molar-refractivity contribution >= 4 is 209 Å². The van der Waals surface area contributed by atoms with Gasteiger partial charge in [0.05, 0.1) is 53.8 Å². The zero-order chi connectivity index (χ0) is 69.9. The van der Waals surface area contributed by atoms with E-state index in [9.17, 15) is 0 Å². The molecule has 12 heterocycles. The second-order valence-electron chi connectivity index (χ2n) is 26.9. The van der Waals surface area contributed by atoms with Crippen LogP contribution in [0.3, 0.4) is 0 Å². The summed E-state index contributed by atoms with van der Waals surface area (Å²) >= 11 is 15.4. The van der Waals surface area contributed by atoms with Crippen LogP contribution in [-0.4, -0.2) is 0 Å². The number of hydrogen-bond donors (Lipinski definition) is 0. The number of pyridine rings is 4. The topological polar surface area (TPSA) is 15.5 Å². The van der Waals surface area contributed by atoms with Gasteiger partial charge in [-0.1, -0.05) is 115 Å². The predicted octanol–water partition coefficient (Wildman–Crippen LogP) is 26.3. The van der Waals surface area contributed by atoms with Gasteiger partial charge in [-0.3, -0.25) is 0 Å². The average Bonchev–Trinajstić information content (AvgIpc) is 1.61. The first-order valence-corrected chi connectivity index (χ1v) is 41.1. The van der Waals surface area contributed by atoms with Crippen molar-refractivity contribution in [2.75, 3.05) is 0 Å². The van der Waals surface area contributed by atoms with Crippen molar-refractivity contribution in [3.63, 3.8) is 0 Å². The van der Waals surface area contributed by atoms with E-state index >= 15 is 0 Å². The molecule has 103 heavy (non-hydrogen) atoms. The van der Waals surface area contributed by atoms with Gasteiger partial charge < -0.3 is 0 Å². The van der Waals surface area contributed by atoms with Crippen molar-refractivity contribution in [1.29, 1.82) is 0 Å². The molecule has 0 N–H and O–H groups in total. The standard InChI is InChI=1S/C27H20NS2.C22H18NS2.2C21H16NS2/c1-17-14-22-25(30-27-26(22)20-10-6-7-11-24(20)29-27)16-21(17)23-15-19(12-13-28(23)2)18-8-4-3-5-9-18;1-13-8-9-23(3)18(10-13)16-12-20-17(11-14(16)2)21-15-6-4-5-7-19(15)24-22(21)25-20;1-13-10-11-15-19(18(13)16-8-5-6-12-22(16)2)24-20-14-7-3-4-9-17(14)23-21(15)20;1-13-11-16-19(12-15(13)17-8-5-6-10-22(17)2)24-20-14-7-3-4-9-18(14)23-21(16)20/h3-16H,1-2H3;4-12H,1-3H3;2*3-12H,1-2H3/q4*+1. The van der Waals surface area contributed by atoms with Gasteiger partial charge in [-0.2, -0.15) is 0 Å². The number of thiophene rings is 8. The van der Waals surface area contributed by atoms with Crippen LogP contribution in [0, 0.1) is 34.6 Å². The third-order valence-corrected chi connectivity index (χ3v) is 30.1. The largest absolute Gasteiger partial charge is 0.213 e. The molecule has 21 aromatic rings. The summed E-state index contributed by atoms with van der Waals surface area (Å²) in [5.41, 5.74) is 19.5. The number of nitrogens with zero attached hydrogens (tertiary/aromatic N) is 4. The van der Waals surface area contributed by atoms with Crippen LogP contribution in [0.4, 0.5) is 0 Å². The molecule has 21 rings (SSSR count). The highest BCUT2D eigenvalue weighted by atomic mass is 32.2. The molecule has 0 spiro atoms. The summed E-state index contributed by atoms with van der Waals surface area (Å²) in [6.45, 7) is 11.1. The summed E-state index contributed by atoms with van der Waals surface area (Å²) in [7, 11) is 8.49. The van der Waals surface area contributed by atoms with Crippen LogP contribution >= 0.6 is 90.7 Å². The van der Waals surface area contributed by atoms with Crippen LogP contribution in [-0.2, 0) is 28.2 Å². The van der Waals surface area contributed by atoms with Gasteiger partial charge >= 0.3 is 0 Å². The van der Waals surface area contributed by atoms with Crippen molar-refractivity contribution < 1.29 is 18.3 Å². The summed E-state index contributed by atoms with van der Waals surface area (Å²) in [5, 5.41) is 14.0. The lowest BCUT2D eigenvalue weighted by molar-refractivity contribution is -0.660. The Bertz CT molecular complexity index is 6940. The number of aryl methyl sites for hydroxylation is 9. The first kappa shape index (κ1) is 65.3. The van der Waals surface area contributed by atoms with Gasteiger partial charge in [0.25, 0.3) is 0 Å². The van der Waals surface area contributed by atoms with Gasteiger partial charge in [-0.25, -0.2) is 18.3 Å².